The van der Waals surface area contributed by atoms with Crippen LogP contribution >= 0.6 is 0 Å². The molecule has 0 amide bonds. The lowest BCUT2D eigenvalue weighted by Crippen LogP contribution is -2.34. The highest BCUT2D eigenvalue weighted by Gasteiger charge is 2.19. The van der Waals surface area contributed by atoms with E-state index in [0.717, 1.165) is 11.1 Å². The van der Waals surface area contributed by atoms with Crippen molar-refractivity contribution in [2.75, 3.05) is 13.1 Å². The van der Waals surface area contributed by atoms with E-state index in [1.54, 1.807) is 48.5 Å². The molecule has 6 nitrogen and oxygen atoms in total. The highest BCUT2D eigenvalue weighted by molar-refractivity contribution is 7.89. The number of hydrogen-bond donors (Lipinski definition) is 2. The maximum Gasteiger partial charge on any atom is 0.240 e. The average Bonchev–Trinajstić information content (AvgIpc) is 2.64. The maximum atomic E-state index is 12.4. The van der Waals surface area contributed by atoms with Crippen molar-refractivity contribution in [1.82, 2.24) is 9.44 Å². The molecule has 2 rings (SSSR count). The summed E-state index contributed by atoms with van der Waals surface area (Å²) >= 11 is 0. The van der Waals surface area contributed by atoms with Gasteiger partial charge in [-0.05, 0) is 46.2 Å². The minimum Gasteiger partial charge on any atom is -0.210 e. The first-order valence-electron chi connectivity index (χ1n) is 9.83. The molecule has 0 spiro atoms. The molecule has 0 aliphatic carbocycles. The van der Waals surface area contributed by atoms with E-state index in [-0.39, 0.29) is 33.7 Å². The van der Waals surface area contributed by atoms with Crippen LogP contribution in [0.2, 0.25) is 0 Å². The van der Waals surface area contributed by atoms with E-state index in [2.05, 4.69) is 51.0 Å². The minimum absolute atomic E-state index is 0.0529. The van der Waals surface area contributed by atoms with Crippen molar-refractivity contribution >= 4 is 20.0 Å². The Labute approximate surface area is 181 Å². The Morgan fingerprint density at radius 2 is 0.833 bits per heavy atom. The van der Waals surface area contributed by atoms with Gasteiger partial charge < -0.3 is 0 Å². The normalized spacial score (nSPS) is 13.4. The third-order valence-electron chi connectivity index (χ3n) is 4.77. The molecule has 0 radical (unpaired) electrons. The van der Waals surface area contributed by atoms with Crippen LogP contribution in [-0.2, 0) is 30.9 Å². The third-order valence-corrected chi connectivity index (χ3v) is 7.72. The summed E-state index contributed by atoms with van der Waals surface area (Å²) in [6.45, 7) is 12.2. The van der Waals surface area contributed by atoms with E-state index < -0.39 is 20.0 Å². The zero-order valence-electron chi connectivity index (χ0n) is 18.5. The standard InChI is InChI=1S/C22H32N2O4S2/c1-21(2,3)17-7-11-19(12-8-17)29(25,26)23-15-16-24-30(27,28)20-13-9-18(10-14-20)22(4,5)6/h7-14,23-24H,15-16H2,1-6H3. The van der Waals surface area contributed by atoms with Crippen molar-refractivity contribution in [2.45, 2.75) is 62.2 Å². The van der Waals surface area contributed by atoms with Gasteiger partial charge in [0.2, 0.25) is 20.0 Å². The molecule has 166 valence electrons. The molecule has 0 saturated carbocycles. The van der Waals surface area contributed by atoms with E-state index in [1.165, 1.54) is 0 Å². The van der Waals surface area contributed by atoms with Gasteiger partial charge >= 0.3 is 0 Å². The fourth-order valence-corrected chi connectivity index (χ4v) is 4.87. The summed E-state index contributed by atoms with van der Waals surface area (Å²) in [5.41, 5.74) is 1.93. The molecular weight excluding hydrogens is 420 g/mol. The second-order valence-corrected chi connectivity index (χ2v) is 12.9. The van der Waals surface area contributed by atoms with Crippen molar-refractivity contribution in [3.8, 4) is 0 Å². The molecule has 0 aliphatic rings. The minimum atomic E-state index is -3.71. The van der Waals surface area contributed by atoms with Crippen molar-refractivity contribution < 1.29 is 16.8 Å². The molecule has 0 bridgehead atoms. The lowest BCUT2D eigenvalue weighted by atomic mass is 9.87. The van der Waals surface area contributed by atoms with Crippen LogP contribution in [0.4, 0.5) is 0 Å². The number of hydrogen-bond acceptors (Lipinski definition) is 4. The first-order valence-corrected chi connectivity index (χ1v) is 12.8. The van der Waals surface area contributed by atoms with E-state index in [1.807, 2.05) is 0 Å². The predicted octanol–water partition coefficient (Wildman–Crippen LogP) is 3.54. The Hall–Kier alpha value is -1.74. The van der Waals surface area contributed by atoms with Gasteiger partial charge in [-0.25, -0.2) is 26.3 Å². The summed E-state index contributed by atoms with van der Waals surface area (Å²) < 4.78 is 54.6. The zero-order valence-corrected chi connectivity index (χ0v) is 20.1. The van der Waals surface area contributed by atoms with Crippen molar-refractivity contribution in [3.63, 3.8) is 0 Å². The Morgan fingerprint density at radius 1 is 0.567 bits per heavy atom. The predicted molar refractivity (Wildman–Crippen MR) is 121 cm³/mol. The van der Waals surface area contributed by atoms with Crippen LogP contribution in [0.5, 0.6) is 0 Å². The third kappa shape index (κ3) is 6.38. The van der Waals surface area contributed by atoms with Crippen LogP contribution < -0.4 is 9.44 Å². The van der Waals surface area contributed by atoms with Crippen LogP contribution in [0, 0.1) is 0 Å². The highest BCUT2D eigenvalue weighted by atomic mass is 32.2. The van der Waals surface area contributed by atoms with Gasteiger partial charge in [0.1, 0.15) is 0 Å². The molecule has 30 heavy (non-hydrogen) atoms. The lowest BCUT2D eigenvalue weighted by Gasteiger charge is -2.19. The molecule has 0 atom stereocenters. The second kappa shape index (κ2) is 8.78. The summed E-state index contributed by atoms with van der Waals surface area (Å²) in [6.07, 6.45) is 0. The van der Waals surface area contributed by atoms with Crippen molar-refractivity contribution in [1.29, 1.82) is 0 Å². The van der Waals surface area contributed by atoms with Crippen LogP contribution in [0.25, 0.3) is 0 Å². The Balaban J connectivity index is 1.96. The van der Waals surface area contributed by atoms with Crippen molar-refractivity contribution in [2.24, 2.45) is 0 Å². The van der Waals surface area contributed by atoms with E-state index in [9.17, 15) is 16.8 Å². The summed E-state index contributed by atoms with van der Waals surface area (Å²) in [5, 5.41) is 0. The number of nitrogens with one attached hydrogen (secondary N) is 2. The van der Waals surface area contributed by atoms with Gasteiger partial charge in [-0.2, -0.15) is 0 Å². The van der Waals surface area contributed by atoms with Crippen LogP contribution in [-0.4, -0.2) is 29.9 Å². The Kier molecular flexibility index (Phi) is 7.18. The van der Waals surface area contributed by atoms with Gasteiger partial charge in [0.25, 0.3) is 0 Å². The zero-order chi connectivity index (χ0) is 22.8. The fourth-order valence-electron chi connectivity index (χ4n) is 2.81. The van der Waals surface area contributed by atoms with Crippen molar-refractivity contribution in [3.05, 3.63) is 59.7 Å². The first kappa shape index (κ1) is 24.5. The number of rotatable bonds is 7. The molecule has 0 fully saturated rings. The van der Waals surface area contributed by atoms with Gasteiger partial charge in [0, 0.05) is 13.1 Å². The molecule has 0 aliphatic heterocycles. The molecule has 0 saturated heterocycles. The van der Waals surface area contributed by atoms with E-state index in [4.69, 9.17) is 0 Å². The van der Waals surface area contributed by atoms with Crippen LogP contribution in [0.3, 0.4) is 0 Å². The molecule has 2 N–H and O–H groups in total. The summed E-state index contributed by atoms with van der Waals surface area (Å²) in [5.74, 6) is 0. The SMILES string of the molecule is CC(C)(C)c1ccc(S(=O)(=O)NCCNS(=O)(=O)c2ccc(C(C)(C)C)cc2)cc1. The van der Waals surface area contributed by atoms with Gasteiger partial charge in [-0.15, -0.1) is 0 Å². The summed E-state index contributed by atoms with van der Waals surface area (Å²) in [6, 6.07) is 13.4. The fraction of sp³-hybridized carbons (Fsp3) is 0.455. The topological polar surface area (TPSA) is 92.3 Å². The quantitative estimate of drug-likeness (QED) is 0.629. The number of sulfonamides is 2. The number of benzene rings is 2. The lowest BCUT2D eigenvalue weighted by molar-refractivity contribution is 0.569. The Bertz CT molecular complexity index is 970. The van der Waals surface area contributed by atoms with E-state index >= 15 is 0 Å². The van der Waals surface area contributed by atoms with E-state index in [0.29, 0.717) is 0 Å². The molecule has 2 aromatic rings. The molecular formula is C22H32N2O4S2. The molecule has 0 aromatic heterocycles. The molecule has 2 aromatic carbocycles. The van der Waals surface area contributed by atoms with Gasteiger partial charge in [-0.1, -0.05) is 65.8 Å². The van der Waals surface area contributed by atoms with Crippen LogP contribution in [0.1, 0.15) is 52.7 Å². The maximum absolute atomic E-state index is 12.4. The largest absolute Gasteiger partial charge is 0.240 e. The molecule has 0 unspecified atom stereocenters. The highest BCUT2D eigenvalue weighted by Crippen LogP contribution is 2.24. The monoisotopic (exact) mass is 452 g/mol. The first-order chi connectivity index (χ1) is 13.6. The smallest absolute Gasteiger partial charge is 0.210 e. The molecule has 8 heteroatoms. The van der Waals surface area contributed by atoms with Gasteiger partial charge in [-0.3, -0.25) is 0 Å². The Morgan fingerprint density at radius 3 is 1.07 bits per heavy atom. The van der Waals surface area contributed by atoms with Gasteiger partial charge in [0.05, 0.1) is 9.79 Å². The van der Waals surface area contributed by atoms with Crippen LogP contribution in [0.15, 0.2) is 58.3 Å². The molecule has 0 heterocycles. The second-order valence-electron chi connectivity index (χ2n) is 9.34. The summed E-state index contributed by atoms with van der Waals surface area (Å²) in [7, 11) is -7.42. The average molecular weight is 453 g/mol. The van der Waals surface area contributed by atoms with Gasteiger partial charge in [0.15, 0.2) is 0 Å². The summed E-state index contributed by atoms with van der Waals surface area (Å²) in [4.78, 5) is 0.298.